The van der Waals surface area contributed by atoms with Crippen LogP contribution in [0.3, 0.4) is 0 Å². The fourth-order valence-electron chi connectivity index (χ4n) is 1.36. The van der Waals surface area contributed by atoms with E-state index >= 15 is 0 Å². The SMILES string of the molecule is CCOC(=O)CCCCOc1ccc(Cl)c(Cl)c1. The lowest BCUT2D eigenvalue weighted by Crippen LogP contribution is -2.05. The molecule has 1 aromatic rings. The van der Waals surface area contributed by atoms with Crippen molar-refractivity contribution in [1.82, 2.24) is 0 Å². The highest BCUT2D eigenvalue weighted by Crippen LogP contribution is 2.26. The van der Waals surface area contributed by atoms with Crippen molar-refractivity contribution < 1.29 is 14.3 Å². The molecule has 0 heterocycles. The first-order chi connectivity index (χ1) is 8.63. The quantitative estimate of drug-likeness (QED) is 0.560. The smallest absolute Gasteiger partial charge is 0.305 e. The normalized spacial score (nSPS) is 10.2. The van der Waals surface area contributed by atoms with Gasteiger partial charge in [-0.3, -0.25) is 4.79 Å². The van der Waals surface area contributed by atoms with Gasteiger partial charge >= 0.3 is 5.97 Å². The van der Waals surface area contributed by atoms with Crippen LogP contribution < -0.4 is 4.74 Å². The molecule has 0 N–H and O–H groups in total. The van der Waals surface area contributed by atoms with Crippen molar-refractivity contribution in [2.45, 2.75) is 26.2 Å². The van der Waals surface area contributed by atoms with Crippen LogP contribution in [0.4, 0.5) is 0 Å². The average Bonchev–Trinajstić information content (AvgIpc) is 2.33. The number of hydrogen-bond acceptors (Lipinski definition) is 3. The third-order valence-corrected chi connectivity index (χ3v) is 2.98. The second-order valence-corrected chi connectivity index (χ2v) is 4.50. The van der Waals surface area contributed by atoms with E-state index in [9.17, 15) is 4.79 Å². The third-order valence-electron chi connectivity index (χ3n) is 2.24. The zero-order valence-electron chi connectivity index (χ0n) is 10.2. The molecule has 1 aromatic carbocycles. The van der Waals surface area contributed by atoms with Crippen LogP contribution in [-0.2, 0) is 9.53 Å². The fraction of sp³-hybridized carbons (Fsp3) is 0.462. The molecule has 0 radical (unpaired) electrons. The second-order valence-electron chi connectivity index (χ2n) is 3.69. The number of benzene rings is 1. The molecule has 1 rings (SSSR count). The zero-order valence-corrected chi connectivity index (χ0v) is 11.8. The van der Waals surface area contributed by atoms with Gasteiger partial charge in [-0.05, 0) is 31.9 Å². The molecule has 100 valence electrons. The average molecular weight is 291 g/mol. The van der Waals surface area contributed by atoms with Gasteiger partial charge in [0.2, 0.25) is 0 Å². The molecule has 0 bridgehead atoms. The first-order valence-corrected chi connectivity index (χ1v) is 6.62. The van der Waals surface area contributed by atoms with Crippen molar-refractivity contribution in [3.63, 3.8) is 0 Å². The summed E-state index contributed by atoms with van der Waals surface area (Å²) in [6, 6.07) is 5.13. The second kappa shape index (κ2) is 8.22. The first-order valence-electron chi connectivity index (χ1n) is 5.87. The van der Waals surface area contributed by atoms with Gasteiger partial charge in [-0.2, -0.15) is 0 Å². The predicted molar refractivity (Wildman–Crippen MR) is 72.4 cm³/mol. The molecule has 0 aliphatic rings. The van der Waals surface area contributed by atoms with Gasteiger partial charge in [0.05, 0.1) is 23.3 Å². The Bertz CT molecular complexity index is 394. The Morgan fingerprint density at radius 2 is 2.00 bits per heavy atom. The van der Waals surface area contributed by atoms with Crippen LogP contribution in [0.25, 0.3) is 0 Å². The van der Waals surface area contributed by atoms with Gasteiger partial charge in [-0.25, -0.2) is 0 Å². The Morgan fingerprint density at radius 3 is 2.67 bits per heavy atom. The van der Waals surface area contributed by atoms with Gasteiger partial charge in [0.1, 0.15) is 5.75 Å². The van der Waals surface area contributed by atoms with Crippen LogP contribution in [-0.4, -0.2) is 19.2 Å². The summed E-state index contributed by atoms with van der Waals surface area (Å²) in [7, 11) is 0. The van der Waals surface area contributed by atoms with E-state index in [4.69, 9.17) is 32.7 Å². The van der Waals surface area contributed by atoms with Crippen molar-refractivity contribution in [3.05, 3.63) is 28.2 Å². The number of unbranched alkanes of at least 4 members (excludes halogenated alkanes) is 1. The van der Waals surface area contributed by atoms with Crippen molar-refractivity contribution >= 4 is 29.2 Å². The van der Waals surface area contributed by atoms with E-state index in [1.54, 1.807) is 25.1 Å². The molecule has 0 atom stereocenters. The first kappa shape index (κ1) is 15.1. The van der Waals surface area contributed by atoms with Crippen LogP contribution >= 0.6 is 23.2 Å². The highest BCUT2D eigenvalue weighted by atomic mass is 35.5. The summed E-state index contributed by atoms with van der Waals surface area (Å²) in [5, 5.41) is 0.979. The molecule has 0 aliphatic heterocycles. The Morgan fingerprint density at radius 1 is 1.22 bits per heavy atom. The molecule has 0 saturated carbocycles. The maximum atomic E-state index is 11.1. The highest BCUT2D eigenvalue weighted by Gasteiger charge is 2.02. The topological polar surface area (TPSA) is 35.5 Å². The van der Waals surface area contributed by atoms with Crippen molar-refractivity contribution in [2.24, 2.45) is 0 Å². The lowest BCUT2D eigenvalue weighted by molar-refractivity contribution is -0.143. The van der Waals surface area contributed by atoms with Crippen molar-refractivity contribution in [2.75, 3.05) is 13.2 Å². The van der Waals surface area contributed by atoms with Crippen LogP contribution in [0.5, 0.6) is 5.75 Å². The molecule has 18 heavy (non-hydrogen) atoms. The molecule has 3 nitrogen and oxygen atoms in total. The molecule has 0 unspecified atom stereocenters. The third kappa shape index (κ3) is 5.61. The minimum absolute atomic E-state index is 0.160. The largest absolute Gasteiger partial charge is 0.494 e. The maximum Gasteiger partial charge on any atom is 0.305 e. The summed E-state index contributed by atoms with van der Waals surface area (Å²) in [5.74, 6) is 0.521. The number of halogens is 2. The number of hydrogen-bond donors (Lipinski definition) is 0. The molecule has 0 fully saturated rings. The molecular formula is C13H16Cl2O3. The summed E-state index contributed by atoms with van der Waals surface area (Å²) in [5.41, 5.74) is 0. The van der Waals surface area contributed by atoms with E-state index < -0.39 is 0 Å². The lowest BCUT2D eigenvalue weighted by Gasteiger charge is -2.07. The summed E-state index contributed by atoms with van der Waals surface area (Å²) in [6.45, 7) is 2.77. The van der Waals surface area contributed by atoms with Crippen LogP contribution in [0.2, 0.25) is 10.0 Å². The minimum Gasteiger partial charge on any atom is -0.494 e. The fourth-order valence-corrected chi connectivity index (χ4v) is 1.65. The molecule has 0 aromatic heterocycles. The van der Waals surface area contributed by atoms with Gasteiger partial charge in [-0.15, -0.1) is 0 Å². The summed E-state index contributed by atoms with van der Waals surface area (Å²) < 4.78 is 10.3. The molecule has 5 heteroatoms. The number of carbonyl (C=O) groups excluding carboxylic acids is 1. The predicted octanol–water partition coefficient (Wildman–Crippen LogP) is 4.11. The van der Waals surface area contributed by atoms with Gasteiger partial charge in [0.25, 0.3) is 0 Å². The van der Waals surface area contributed by atoms with Gasteiger partial charge in [0, 0.05) is 12.5 Å². The monoisotopic (exact) mass is 290 g/mol. The van der Waals surface area contributed by atoms with Crippen LogP contribution in [0.1, 0.15) is 26.2 Å². The van der Waals surface area contributed by atoms with E-state index in [1.165, 1.54) is 0 Å². The van der Waals surface area contributed by atoms with Crippen LogP contribution in [0, 0.1) is 0 Å². The number of esters is 1. The van der Waals surface area contributed by atoms with E-state index in [0.717, 1.165) is 12.8 Å². The van der Waals surface area contributed by atoms with E-state index in [2.05, 4.69) is 0 Å². The van der Waals surface area contributed by atoms with Gasteiger partial charge in [-0.1, -0.05) is 23.2 Å². The molecule has 0 aliphatic carbocycles. The number of carbonyl (C=O) groups is 1. The number of ether oxygens (including phenoxy) is 2. The van der Waals surface area contributed by atoms with Crippen molar-refractivity contribution in [1.29, 1.82) is 0 Å². The molecule has 0 amide bonds. The Kier molecular flexibility index (Phi) is 6.91. The summed E-state index contributed by atoms with van der Waals surface area (Å²) in [4.78, 5) is 11.1. The Balaban J connectivity index is 2.18. The molecule has 0 spiro atoms. The van der Waals surface area contributed by atoms with E-state index in [-0.39, 0.29) is 5.97 Å². The van der Waals surface area contributed by atoms with E-state index in [1.807, 2.05) is 0 Å². The summed E-state index contributed by atoms with van der Waals surface area (Å²) >= 11 is 11.6. The molecular weight excluding hydrogens is 275 g/mol. The Labute approximate surface area is 117 Å². The minimum atomic E-state index is -0.160. The number of rotatable bonds is 7. The van der Waals surface area contributed by atoms with Gasteiger partial charge < -0.3 is 9.47 Å². The molecule has 0 saturated heterocycles. The van der Waals surface area contributed by atoms with Gasteiger partial charge in [0.15, 0.2) is 0 Å². The van der Waals surface area contributed by atoms with Crippen molar-refractivity contribution in [3.8, 4) is 5.75 Å². The summed E-state index contributed by atoms with van der Waals surface area (Å²) in [6.07, 6.45) is 1.97. The van der Waals surface area contributed by atoms with Crippen LogP contribution in [0.15, 0.2) is 18.2 Å². The lowest BCUT2D eigenvalue weighted by atomic mass is 10.2. The Hall–Kier alpha value is -0.930. The standard InChI is InChI=1S/C13H16Cl2O3/c1-2-17-13(16)5-3-4-8-18-10-6-7-11(14)12(15)9-10/h6-7,9H,2-5,8H2,1H3. The zero-order chi connectivity index (χ0) is 13.4. The van der Waals surface area contributed by atoms with E-state index in [0.29, 0.717) is 35.4 Å². The maximum absolute atomic E-state index is 11.1. The highest BCUT2D eigenvalue weighted by molar-refractivity contribution is 6.42.